The van der Waals surface area contributed by atoms with Crippen molar-refractivity contribution >= 4 is 0 Å². The zero-order chi connectivity index (χ0) is 17.6. The van der Waals surface area contributed by atoms with E-state index in [1.165, 1.54) is 87.9 Å². The summed E-state index contributed by atoms with van der Waals surface area (Å²) in [6.07, 6.45) is 8.16. The van der Waals surface area contributed by atoms with Crippen LogP contribution in [0.1, 0.15) is 61.1 Å². The van der Waals surface area contributed by atoms with Crippen molar-refractivity contribution in [2.45, 2.75) is 64.3 Å². The number of rotatable bonds is 6. The van der Waals surface area contributed by atoms with Crippen LogP contribution in [-0.2, 0) is 0 Å². The largest absolute Gasteiger partial charge is 0.330 e. The summed E-state index contributed by atoms with van der Waals surface area (Å²) in [5.41, 5.74) is 10.3. The molecule has 0 bridgehead atoms. The summed E-state index contributed by atoms with van der Waals surface area (Å²) in [6.45, 7) is 11.6. The van der Waals surface area contributed by atoms with Crippen molar-refractivity contribution in [3.63, 3.8) is 0 Å². The fourth-order valence-electron chi connectivity index (χ4n) is 4.57. The number of aryl methyl sites for hydroxylation is 2. The molecule has 0 aliphatic carbocycles. The number of piperidine rings is 2. The summed E-state index contributed by atoms with van der Waals surface area (Å²) in [4.78, 5) is 5.43. The number of nitrogens with zero attached hydrogens (tertiary/aromatic N) is 2. The van der Waals surface area contributed by atoms with Gasteiger partial charge in [-0.1, -0.05) is 24.6 Å². The fraction of sp³-hybridized carbons (Fsp3) is 0.727. The van der Waals surface area contributed by atoms with Crippen molar-refractivity contribution in [1.82, 2.24) is 9.80 Å². The lowest BCUT2D eigenvalue weighted by atomic mass is 9.92. The van der Waals surface area contributed by atoms with Gasteiger partial charge in [0.05, 0.1) is 0 Å². The van der Waals surface area contributed by atoms with Gasteiger partial charge in [0, 0.05) is 6.04 Å². The zero-order valence-electron chi connectivity index (χ0n) is 16.3. The summed E-state index contributed by atoms with van der Waals surface area (Å²) >= 11 is 0. The van der Waals surface area contributed by atoms with Crippen LogP contribution in [0.2, 0.25) is 0 Å². The molecule has 25 heavy (non-hydrogen) atoms. The molecule has 2 saturated heterocycles. The third-order valence-corrected chi connectivity index (χ3v) is 6.54. The first-order chi connectivity index (χ1) is 12.2. The number of hydrogen-bond donors (Lipinski definition) is 1. The second kappa shape index (κ2) is 9.16. The van der Waals surface area contributed by atoms with Gasteiger partial charge < -0.3 is 15.5 Å². The van der Waals surface area contributed by atoms with Crippen LogP contribution in [0.15, 0.2) is 18.2 Å². The maximum absolute atomic E-state index is 6.10. The van der Waals surface area contributed by atoms with Crippen molar-refractivity contribution in [1.29, 1.82) is 0 Å². The first kappa shape index (κ1) is 18.9. The molecule has 0 aromatic heterocycles. The Bertz CT molecular complexity index is 528. The van der Waals surface area contributed by atoms with Crippen LogP contribution < -0.4 is 5.73 Å². The predicted octanol–water partition coefficient (Wildman–Crippen LogP) is 3.69. The lowest BCUT2D eigenvalue weighted by Gasteiger charge is -2.40. The molecule has 3 nitrogen and oxygen atoms in total. The quantitative estimate of drug-likeness (QED) is 0.855. The molecule has 1 aromatic carbocycles. The number of likely N-dealkylation sites (tertiary alicyclic amines) is 2. The van der Waals surface area contributed by atoms with Crippen LogP contribution in [0, 0.1) is 13.8 Å². The average molecular weight is 344 g/mol. The SMILES string of the molecule is Cc1ccc(C(CN)CCN2CCC(N3CCCCC3)CC2)cc1C. The lowest BCUT2D eigenvalue weighted by Crippen LogP contribution is -2.47. The molecule has 0 amide bonds. The van der Waals surface area contributed by atoms with Crippen LogP contribution >= 0.6 is 0 Å². The minimum atomic E-state index is 0.499. The smallest absolute Gasteiger partial charge is 0.0120 e. The minimum Gasteiger partial charge on any atom is -0.330 e. The summed E-state index contributed by atoms with van der Waals surface area (Å²) < 4.78 is 0. The molecule has 1 aromatic rings. The second-order valence-electron chi connectivity index (χ2n) is 8.23. The van der Waals surface area contributed by atoms with Gasteiger partial charge in [0.15, 0.2) is 0 Å². The fourth-order valence-corrected chi connectivity index (χ4v) is 4.57. The van der Waals surface area contributed by atoms with Crippen molar-refractivity contribution in [2.24, 2.45) is 5.73 Å². The average Bonchev–Trinajstić information content (AvgIpc) is 2.66. The Balaban J connectivity index is 1.45. The zero-order valence-corrected chi connectivity index (χ0v) is 16.3. The van der Waals surface area contributed by atoms with Crippen molar-refractivity contribution in [3.8, 4) is 0 Å². The number of nitrogens with two attached hydrogens (primary N) is 1. The standard InChI is InChI=1S/C22H37N3/c1-18-6-7-20(16-19(18)2)21(17-23)8-13-24-14-9-22(10-15-24)25-11-4-3-5-12-25/h6-7,16,21-22H,3-5,8-15,17,23H2,1-2H3. The summed E-state index contributed by atoms with van der Waals surface area (Å²) in [5.74, 6) is 0.499. The van der Waals surface area contributed by atoms with Crippen molar-refractivity contribution < 1.29 is 0 Å². The number of benzene rings is 1. The van der Waals surface area contributed by atoms with E-state index < -0.39 is 0 Å². The Kier molecular flexibility index (Phi) is 6.92. The molecule has 2 aliphatic heterocycles. The topological polar surface area (TPSA) is 32.5 Å². The molecular formula is C22H37N3. The van der Waals surface area contributed by atoms with Crippen LogP contribution in [0.25, 0.3) is 0 Å². The molecule has 140 valence electrons. The maximum atomic E-state index is 6.10. The summed E-state index contributed by atoms with van der Waals surface area (Å²) in [7, 11) is 0. The van der Waals surface area contributed by atoms with Gasteiger partial charge in [0.25, 0.3) is 0 Å². The van der Waals surface area contributed by atoms with E-state index in [1.807, 2.05) is 0 Å². The highest BCUT2D eigenvalue weighted by molar-refractivity contribution is 5.32. The lowest BCUT2D eigenvalue weighted by molar-refractivity contribution is 0.0913. The highest BCUT2D eigenvalue weighted by Gasteiger charge is 2.25. The third-order valence-electron chi connectivity index (χ3n) is 6.54. The third kappa shape index (κ3) is 5.06. The van der Waals surface area contributed by atoms with Gasteiger partial charge in [0.2, 0.25) is 0 Å². The van der Waals surface area contributed by atoms with Crippen LogP contribution in [0.3, 0.4) is 0 Å². The summed E-state index contributed by atoms with van der Waals surface area (Å²) in [5, 5.41) is 0. The van der Waals surface area contributed by atoms with E-state index in [2.05, 4.69) is 41.8 Å². The van der Waals surface area contributed by atoms with Crippen molar-refractivity contribution in [2.75, 3.05) is 39.3 Å². The molecule has 0 spiro atoms. The highest BCUT2D eigenvalue weighted by atomic mass is 15.2. The van der Waals surface area contributed by atoms with Gasteiger partial charge in [0.1, 0.15) is 0 Å². The van der Waals surface area contributed by atoms with Crippen LogP contribution in [0.4, 0.5) is 0 Å². The van der Waals surface area contributed by atoms with Gasteiger partial charge >= 0.3 is 0 Å². The monoisotopic (exact) mass is 343 g/mol. The van der Waals surface area contributed by atoms with Crippen LogP contribution in [0.5, 0.6) is 0 Å². The van der Waals surface area contributed by atoms with E-state index in [0.29, 0.717) is 5.92 Å². The minimum absolute atomic E-state index is 0.499. The van der Waals surface area contributed by atoms with E-state index in [4.69, 9.17) is 5.73 Å². The molecule has 2 N–H and O–H groups in total. The molecular weight excluding hydrogens is 306 g/mol. The first-order valence-electron chi connectivity index (χ1n) is 10.4. The molecule has 1 atom stereocenters. The number of hydrogen-bond acceptors (Lipinski definition) is 3. The molecule has 3 rings (SSSR count). The van der Waals surface area contributed by atoms with Gasteiger partial charge in [-0.05, 0) is 108 Å². The van der Waals surface area contributed by atoms with E-state index in [-0.39, 0.29) is 0 Å². The molecule has 2 aliphatic rings. The predicted molar refractivity (Wildman–Crippen MR) is 107 cm³/mol. The van der Waals surface area contributed by atoms with Crippen molar-refractivity contribution in [3.05, 3.63) is 34.9 Å². The van der Waals surface area contributed by atoms with Gasteiger partial charge in [-0.15, -0.1) is 0 Å². The Hall–Kier alpha value is -0.900. The highest BCUT2D eigenvalue weighted by Crippen LogP contribution is 2.24. The van der Waals surface area contributed by atoms with Crippen LogP contribution in [-0.4, -0.2) is 55.1 Å². The van der Waals surface area contributed by atoms with E-state index >= 15 is 0 Å². The second-order valence-corrected chi connectivity index (χ2v) is 8.23. The molecule has 0 radical (unpaired) electrons. The maximum Gasteiger partial charge on any atom is 0.0120 e. The molecule has 2 fully saturated rings. The van der Waals surface area contributed by atoms with Gasteiger partial charge in [-0.25, -0.2) is 0 Å². The van der Waals surface area contributed by atoms with E-state index in [0.717, 1.165) is 12.6 Å². The Morgan fingerprint density at radius 2 is 1.72 bits per heavy atom. The van der Waals surface area contributed by atoms with Gasteiger partial charge in [-0.2, -0.15) is 0 Å². The van der Waals surface area contributed by atoms with Gasteiger partial charge in [-0.3, -0.25) is 0 Å². The van der Waals surface area contributed by atoms with E-state index in [1.54, 1.807) is 0 Å². The van der Waals surface area contributed by atoms with E-state index in [9.17, 15) is 0 Å². The Labute approximate surface area is 154 Å². The molecule has 0 saturated carbocycles. The Morgan fingerprint density at radius 1 is 1.00 bits per heavy atom. The normalized spacial score (nSPS) is 22.2. The first-order valence-corrected chi connectivity index (χ1v) is 10.4. The summed E-state index contributed by atoms with van der Waals surface area (Å²) in [6, 6.07) is 7.72. The Morgan fingerprint density at radius 3 is 2.36 bits per heavy atom. The molecule has 2 heterocycles. The molecule has 1 unspecified atom stereocenters. The molecule has 3 heteroatoms.